The third-order valence-corrected chi connectivity index (χ3v) is 5.27. The summed E-state index contributed by atoms with van der Waals surface area (Å²) in [6.45, 7) is 4.61. The van der Waals surface area contributed by atoms with E-state index in [2.05, 4.69) is 16.4 Å². The summed E-state index contributed by atoms with van der Waals surface area (Å²) in [6.07, 6.45) is 0.0215. The molecule has 0 heterocycles. The summed E-state index contributed by atoms with van der Waals surface area (Å²) in [4.78, 5) is 4.15. The summed E-state index contributed by atoms with van der Waals surface area (Å²) < 4.78 is 46.1. The third-order valence-electron chi connectivity index (χ3n) is 4.20. The first-order chi connectivity index (χ1) is 15.8. The van der Waals surface area contributed by atoms with E-state index in [4.69, 9.17) is 21.6 Å². The van der Waals surface area contributed by atoms with Gasteiger partial charge in [0, 0.05) is 35.7 Å². The largest absolute Gasteiger partial charge is 0.431 e. The number of allylic oxidation sites excluding steroid dienone is 4. The second-order valence-corrected chi connectivity index (χ2v) is 8.13. The van der Waals surface area contributed by atoms with Gasteiger partial charge in [0.25, 0.3) is 0 Å². The van der Waals surface area contributed by atoms with Crippen LogP contribution in [0.5, 0.6) is 0 Å². The Bertz CT molecular complexity index is 875. The number of nitrogens with zero attached hydrogens (tertiary/aromatic N) is 2. The minimum Gasteiger partial charge on any atom is -0.376 e. The van der Waals surface area contributed by atoms with Crippen molar-refractivity contribution in [3.8, 4) is 6.07 Å². The quantitative estimate of drug-likeness (QED) is 0.136. The number of nitriles is 1. The summed E-state index contributed by atoms with van der Waals surface area (Å²) in [5.74, 6) is 0.486. The number of benzene rings is 1. The lowest BCUT2D eigenvalue weighted by molar-refractivity contribution is -0.0947. The van der Waals surface area contributed by atoms with Gasteiger partial charge in [0.15, 0.2) is 0 Å². The predicted octanol–water partition coefficient (Wildman–Crippen LogP) is 7.11. The van der Waals surface area contributed by atoms with Gasteiger partial charge in [0.05, 0.1) is 19.3 Å². The van der Waals surface area contributed by atoms with E-state index in [9.17, 15) is 13.2 Å². The van der Waals surface area contributed by atoms with Gasteiger partial charge in [-0.25, -0.2) is 0 Å². The van der Waals surface area contributed by atoms with Gasteiger partial charge in [-0.1, -0.05) is 61.0 Å². The Hall–Kier alpha value is -2.21. The number of halogens is 4. The zero-order chi connectivity index (χ0) is 24.5. The van der Waals surface area contributed by atoms with Crippen molar-refractivity contribution in [2.24, 2.45) is 4.99 Å². The average molecular weight is 500 g/mol. The molecule has 4 nitrogen and oxygen atoms in total. The molecule has 180 valence electrons. The van der Waals surface area contributed by atoms with Crippen LogP contribution in [0.3, 0.4) is 0 Å². The fraction of sp³-hybridized carbons (Fsp3) is 0.417. The summed E-state index contributed by atoms with van der Waals surface area (Å²) in [7, 11) is 0. The standard InChI is InChI=1S/C24H29ClF3N3OS/c1-3-19(16-29)10-11-21(25)13-15-33-18-22(24(26,27)28)31-23(30-4-2)12-14-32-17-20-8-6-5-7-9-20/h5-10,13,18H,3-4,11-12,14-15,17H2,1-2H3,(H,30,31)/b19-10+,21-13+,22-18+. The molecule has 0 aliphatic heterocycles. The van der Waals surface area contributed by atoms with Crippen LogP contribution in [0.25, 0.3) is 0 Å². The molecule has 0 aliphatic rings. The molecule has 0 saturated carbocycles. The maximum absolute atomic E-state index is 13.5. The molecule has 0 amide bonds. The van der Waals surface area contributed by atoms with Crippen LogP contribution in [-0.2, 0) is 11.3 Å². The van der Waals surface area contributed by atoms with E-state index in [1.54, 1.807) is 19.1 Å². The topological polar surface area (TPSA) is 57.4 Å². The molecule has 0 unspecified atom stereocenters. The molecular formula is C24H29ClF3N3OS. The van der Waals surface area contributed by atoms with Crippen molar-refractivity contribution in [3.63, 3.8) is 0 Å². The lowest BCUT2D eigenvalue weighted by Crippen LogP contribution is -2.32. The maximum atomic E-state index is 13.5. The van der Waals surface area contributed by atoms with E-state index in [1.807, 2.05) is 37.3 Å². The monoisotopic (exact) mass is 499 g/mol. The Labute approximate surface area is 203 Å². The fourth-order valence-electron chi connectivity index (χ4n) is 2.47. The fourth-order valence-corrected chi connectivity index (χ4v) is 3.47. The first-order valence-corrected chi connectivity index (χ1v) is 12.0. The van der Waals surface area contributed by atoms with E-state index < -0.39 is 11.9 Å². The highest BCUT2D eigenvalue weighted by molar-refractivity contribution is 8.02. The van der Waals surface area contributed by atoms with Crippen molar-refractivity contribution in [1.29, 1.82) is 5.26 Å². The van der Waals surface area contributed by atoms with E-state index in [0.717, 1.165) is 22.7 Å². The van der Waals surface area contributed by atoms with Crippen LogP contribution in [-0.4, -0.2) is 30.9 Å². The van der Waals surface area contributed by atoms with E-state index in [1.165, 1.54) is 0 Å². The average Bonchev–Trinajstić information content (AvgIpc) is 2.79. The highest BCUT2D eigenvalue weighted by atomic mass is 35.5. The minimum atomic E-state index is -4.55. The number of ether oxygens (including phenoxy) is 1. The number of amidine groups is 1. The van der Waals surface area contributed by atoms with Crippen molar-refractivity contribution in [1.82, 2.24) is 5.32 Å². The van der Waals surface area contributed by atoms with Gasteiger partial charge in [0.2, 0.25) is 0 Å². The Morgan fingerprint density at radius 1 is 1.24 bits per heavy atom. The Morgan fingerprint density at radius 2 is 1.97 bits per heavy atom. The smallest absolute Gasteiger partial charge is 0.376 e. The molecule has 1 N–H and O–H groups in total. The molecule has 1 rings (SSSR count). The number of alkyl halides is 3. The van der Waals surface area contributed by atoms with E-state index in [0.29, 0.717) is 36.6 Å². The van der Waals surface area contributed by atoms with Crippen LogP contribution >= 0.6 is 23.4 Å². The van der Waals surface area contributed by atoms with Crippen molar-refractivity contribution < 1.29 is 17.9 Å². The SMILES string of the molecule is CCN=C(CCOCc1ccccc1)N/C(=C/SC/C=C(/Cl)C/C=C(/C#N)CC)C(F)(F)F. The Morgan fingerprint density at radius 3 is 2.58 bits per heavy atom. The van der Waals surface area contributed by atoms with Crippen LogP contribution in [0, 0.1) is 11.3 Å². The van der Waals surface area contributed by atoms with Crippen molar-refractivity contribution >= 4 is 29.2 Å². The van der Waals surface area contributed by atoms with E-state index >= 15 is 0 Å². The molecule has 33 heavy (non-hydrogen) atoms. The summed E-state index contributed by atoms with van der Waals surface area (Å²) in [5, 5.41) is 12.8. The van der Waals surface area contributed by atoms with Gasteiger partial charge in [0.1, 0.15) is 11.5 Å². The van der Waals surface area contributed by atoms with Crippen LogP contribution in [0.1, 0.15) is 38.7 Å². The molecule has 0 spiro atoms. The molecule has 0 saturated heterocycles. The van der Waals surface area contributed by atoms with Crippen molar-refractivity contribution in [3.05, 3.63) is 69.8 Å². The molecule has 1 aromatic carbocycles. The van der Waals surface area contributed by atoms with Gasteiger partial charge < -0.3 is 10.1 Å². The summed E-state index contributed by atoms with van der Waals surface area (Å²) in [5.41, 5.74) is 0.727. The number of thioether (sulfide) groups is 1. The molecular weight excluding hydrogens is 471 g/mol. The highest BCUT2D eigenvalue weighted by Crippen LogP contribution is 2.26. The van der Waals surface area contributed by atoms with Gasteiger partial charge in [-0.2, -0.15) is 18.4 Å². The first-order valence-electron chi connectivity index (χ1n) is 10.5. The number of aliphatic imine (C=N–C) groups is 1. The highest BCUT2D eigenvalue weighted by Gasteiger charge is 2.34. The van der Waals surface area contributed by atoms with E-state index in [-0.39, 0.29) is 24.6 Å². The molecule has 0 bridgehead atoms. The Kier molecular flexibility index (Phi) is 14.3. The normalized spacial score (nSPS) is 13.7. The molecule has 0 aliphatic carbocycles. The van der Waals surface area contributed by atoms with Gasteiger partial charge in [-0.15, -0.1) is 11.8 Å². The van der Waals surface area contributed by atoms with Gasteiger partial charge in [-0.3, -0.25) is 4.99 Å². The third kappa shape index (κ3) is 13.2. The van der Waals surface area contributed by atoms with Crippen LogP contribution in [0.4, 0.5) is 13.2 Å². The number of hydrogen-bond acceptors (Lipinski definition) is 4. The molecule has 0 atom stereocenters. The predicted molar refractivity (Wildman–Crippen MR) is 131 cm³/mol. The number of nitrogens with one attached hydrogen (secondary N) is 1. The molecule has 9 heteroatoms. The van der Waals surface area contributed by atoms with Crippen LogP contribution < -0.4 is 5.32 Å². The Balaban J connectivity index is 2.64. The first kappa shape index (κ1) is 28.8. The van der Waals surface area contributed by atoms with Gasteiger partial charge >= 0.3 is 6.18 Å². The lowest BCUT2D eigenvalue weighted by Gasteiger charge is -2.16. The van der Waals surface area contributed by atoms with Crippen molar-refractivity contribution in [2.45, 2.75) is 45.9 Å². The van der Waals surface area contributed by atoms with Crippen LogP contribution in [0.15, 0.2) is 69.2 Å². The number of hydrogen-bond donors (Lipinski definition) is 1. The van der Waals surface area contributed by atoms with Crippen LogP contribution in [0.2, 0.25) is 0 Å². The molecule has 0 aromatic heterocycles. The summed E-state index contributed by atoms with van der Waals surface area (Å²) >= 11 is 7.06. The lowest BCUT2D eigenvalue weighted by atomic mass is 10.2. The molecule has 1 aromatic rings. The molecule has 0 radical (unpaired) electrons. The zero-order valence-corrected chi connectivity index (χ0v) is 20.4. The summed E-state index contributed by atoms with van der Waals surface area (Å²) in [6, 6.07) is 11.6. The zero-order valence-electron chi connectivity index (χ0n) is 18.8. The second kappa shape index (κ2) is 16.4. The van der Waals surface area contributed by atoms with Crippen molar-refractivity contribution in [2.75, 3.05) is 18.9 Å². The van der Waals surface area contributed by atoms with Gasteiger partial charge in [-0.05, 0) is 24.3 Å². The number of rotatable bonds is 13. The second-order valence-electron chi connectivity index (χ2n) is 6.75. The minimum absolute atomic E-state index is 0.219. The molecule has 0 fully saturated rings. The maximum Gasteiger partial charge on any atom is 0.431 e.